The number of likely N-dealkylation sites (tertiary alicyclic amines) is 1. The number of aliphatic carboxylic acids is 1. The molecule has 1 unspecified atom stereocenters. The molecule has 0 radical (unpaired) electrons. The van der Waals surface area contributed by atoms with E-state index < -0.39 is 5.97 Å². The van der Waals surface area contributed by atoms with Crippen molar-refractivity contribution >= 4 is 11.9 Å². The first kappa shape index (κ1) is 10.6. The summed E-state index contributed by atoms with van der Waals surface area (Å²) in [5.41, 5.74) is 0.234. The minimum atomic E-state index is -0.884. The van der Waals surface area contributed by atoms with E-state index in [1.807, 2.05) is 0 Å². The largest absolute Gasteiger partial charge is 0.481 e. The molecular weight excluding hydrogens is 212 g/mol. The highest BCUT2D eigenvalue weighted by Crippen LogP contribution is 2.21. The third-order valence-corrected chi connectivity index (χ3v) is 2.68. The van der Waals surface area contributed by atoms with Gasteiger partial charge in [0.2, 0.25) is 0 Å². The standard InChI is InChI=1S/C9H12N4O3/c14-8(15)4-6-2-1-3-13(6)9(16)7-5-10-12-11-7/h5-6H,1-4H2,(H,14,15)(H,10,11,12). The van der Waals surface area contributed by atoms with Crippen molar-refractivity contribution in [1.29, 1.82) is 0 Å². The lowest BCUT2D eigenvalue weighted by molar-refractivity contribution is -0.137. The summed E-state index contributed by atoms with van der Waals surface area (Å²) >= 11 is 0. The number of carbonyl (C=O) groups excluding carboxylic acids is 1. The first-order valence-electron chi connectivity index (χ1n) is 5.07. The van der Waals surface area contributed by atoms with E-state index in [1.165, 1.54) is 6.20 Å². The van der Waals surface area contributed by atoms with Crippen LogP contribution in [0.4, 0.5) is 0 Å². The summed E-state index contributed by atoms with van der Waals surface area (Å²) in [6.07, 6.45) is 2.90. The zero-order valence-electron chi connectivity index (χ0n) is 8.59. The second-order valence-corrected chi connectivity index (χ2v) is 3.75. The lowest BCUT2D eigenvalue weighted by Gasteiger charge is -2.22. The van der Waals surface area contributed by atoms with E-state index in [0.29, 0.717) is 6.54 Å². The average molecular weight is 224 g/mol. The maximum absolute atomic E-state index is 11.9. The van der Waals surface area contributed by atoms with Gasteiger partial charge in [0.05, 0.1) is 12.6 Å². The number of nitrogens with one attached hydrogen (secondary N) is 1. The number of H-pyrrole nitrogens is 1. The van der Waals surface area contributed by atoms with Gasteiger partial charge in [0.15, 0.2) is 5.69 Å². The van der Waals surface area contributed by atoms with E-state index >= 15 is 0 Å². The lowest BCUT2D eigenvalue weighted by atomic mass is 10.1. The second-order valence-electron chi connectivity index (χ2n) is 3.75. The number of rotatable bonds is 3. The molecule has 0 spiro atoms. The van der Waals surface area contributed by atoms with Gasteiger partial charge in [-0.25, -0.2) is 0 Å². The van der Waals surface area contributed by atoms with Crippen LogP contribution >= 0.6 is 0 Å². The molecule has 0 aliphatic carbocycles. The molecule has 1 saturated heterocycles. The predicted octanol–water partition coefficient (Wildman–Crippen LogP) is -0.116. The van der Waals surface area contributed by atoms with Gasteiger partial charge in [-0.2, -0.15) is 15.4 Å². The number of carboxylic acid groups (broad SMARTS) is 1. The van der Waals surface area contributed by atoms with E-state index in [-0.39, 0.29) is 24.1 Å². The van der Waals surface area contributed by atoms with Gasteiger partial charge >= 0.3 is 5.97 Å². The molecule has 7 heteroatoms. The molecule has 1 aromatic rings. The Kier molecular flexibility index (Phi) is 2.84. The van der Waals surface area contributed by atoms with Crippen molar-refractivity contribution in [1.82, 2.24) is 20.3 Å². The third kappa shape index (κ3) is 2.02. The fourth-order valence-corrected chi connectivity index (χ4v) is 1.97. The van der Waals surface area contributed by atoms with Crippen molar-refractivity contribution in [3.05, 3.63) is 11.9 Å². The topological polar surface area (TPSA) is 99.2 Å². The third-order valence-electron chi connectivity index (χ3n) is 2.68. The van der Waals surface area contributed by atoms with E-state index in [2.05, 4.69) is 15.4 Å². The van der Waals surface area contributed by atoms with Gasteiger partial charge < -0.3 is 10.0 Å². The Hall–Kier alpha value is -1.92. The van der Waals surface area contributed by atoms with Gasteiger partial charge in [-0.1, -0.05) is 0 Å². The Morgan fingerprint density at radius 3 is 3.06 bits per heavy atom. The molecule has 1 aliphatic rings. The first-order valence-corrected chi connectivity index (χ1v) is 5.07. The van der Waals surface area contributed by atoms with Gasteiger partial charge in [-0.15, -0.1) is 0 Å². The van der Waals surface area contributed by atoms with Crippen LogP contribution in [0.2, 0.25) is 0 Å². The molecule has 1 aromatic heterocycles. The highest BCUT2D eigenvalue weighted by Gasteiger charge is 2.31. The summed E-state index contributed by atoms with van der Waals surface area (Å²) in [6, 6.07) is -0.221. The molecule has 86 valence electrons. The number of carboxylic acids is 1. The van der Waals surface area contributed by atoms with E-state index in [1.54, 1.807) is 4.90 Å². The van der Waals surface area contributed by atoms with Crippen molar-refractivity contribution in [2.45, 2.75) is 25.3 Å². The maximum Gasteiger partial charge on any atom is 0.305 e. The summed E-state index contributed by atoms with van der Waals surface area (Å²) in [4.78, 5) is 24.1. The number of amides is 1. The molecule has 2 N–H and O–H groups in total. The summed E-state index contributed by atoms with van der Waals surface area (Å²) in [7, 11) is 0. The molecule has 1 aliphatic heterocycles. The average Bonchev–Trinajstić information content (AvgIpc) is 2.84. The predicted molar refractivity (Wildman–Crippen MR) is 52.7 cm³/mol. The molecule has 2 heterocycles. The van der Waals surface area contributed by atoms with Crippen LogP contribution in [0.25, 0.3) is 0 Å². The number of hydrogen-bond donors (Lipinski definition) is 2. The Labute approximate surface area is 91.4 Å². The SMILES string of the molecule is O=C(O)CC1CCCN1C(=O)c1cn[nH]n1. The molecular formula is C9H12N4O3. The quantitative estimate of drug-likeness (QED) is 0.745. The number of aromatic amines is 1. The summed E-state index contributed by atoms with van der Waals surface area (Å²) in [6.45, 7) is 0.587. The van der Waals surface area contributed by atoms with Gasteiger partial charge in [0, 0.05) is 12.6 Å². The van der Waals surface area contributed by atoms with E-state index in [9.17, 15) is 9.59 Å². The number of carbonyl (C=O) groups is 2. The number of aromatic nitrogens is 3. The van der Waals surface area contributed by atoms with Crippen molar-refractivity contribution in [2.75, 3.05) is 6.54 Å². The lowest BCUT2D eigenvalue weighted by Crippen LogP contribution is -2.37. The van der Waals surface area contributed by atoms with Crippen LogP contribution in [0.5, 0.6) is 0 Å². The fourth-order valence-electron chi connectivity index (χ4n) is 1.97. The number of nitrogens with zero attached hydrogens (tertiary/aromatic N) is 3. The van der Waals surface area contributed by atoms with Crippen LogP contribution in [0.1, 0.15) is 29.8 Å². The van der Waals surface area contributed by atoms with Crippen molar-refractivity contribution < 1.29 is 14.7 Å². The van der Waals surface area contributed by atoms with Gasteiger partial charge in [-0.3, -0.25) is 9.59 Å². The minimum Gasteiger partial charge on any atom is -0.481 e. The molecule has 1 amide bonds. The normalized spacial score (nSPS) is 20.0. The Bertz CT molecular complexity index is 389. The van der Waals surface area contributed by atoms with Gasteiger partial charge in [-0.05, 0) is 12.8 Å². The molecule has 7 nitrogen and oxygen atoms in total. The van der Waals surface area contributed by atoms with E-state index in [0.717, 1.165) is 12.8 Å². The Morgan fingerprint density at radius 1 is 1.62 bits per heavy atom. The fraction of sp³-hybridized carbons (Fsp3) is 0.556. The summed E-state index contributed by atoms with van der Waals surface area (Å²) in [5.74, 6) is -1.14. The Balaban J connectivity index is 2.08. The second kappa shape index (κ2) is 4.30. The van der Waals surface area contributed by atoms with Crippen LogP contribution in [0, 0.1) is 0 Å². The first-order chi connectivity index (χ1) is 7.68. The molecule has 0 bridgehead atoms. The molecule has 2 rings (SSSR count). The Morgan fingerprint density at radius 2 is 2.44 bits per heavy atom. The van der Waals surface area contributed by atoms with Crippen LogP contribution in [0.15, 0.2) is 6.20 Å². The zero-order chi connectivity index (χ0) is 11.5. The van der Waals surface area contributed by atoms with Crippen LogP contribution in [-0.2, 0) is 4.79 Å². The van der Waals surface area contributed by atoms with Crippen LogP contribution in [0.3, 0.4) is 0 Å². The summed E-state index contributed by atoms with van der Waals surface area (Å²) in [5, 5.41) is 18.4. The molecule has 16 heavy (non-hydrogen) atoms. The zero-order valence-corrected chi connectivity index (χ0v) is 8.59. The smallest absolute Gasteiger partial charge is 0.305 e. The van der Waals surface area contributed by atoms with Crippen LogP contribution in [-0.4, -0.2) is 49.9 Å². The number of hydrogen-bond acceptors (Lipinski definition) is 4. The van der Waals surface area contributed by atoms with Crippen LogP contribution < -0.4 is 0 Å². The molecule has 0 aromatic carbocycles. The maximum atomic E-state index is 11.9. The minimum absolute atomic E-state index is 0.0103. The molecule has 1 atom stereocenters. The van der Waals surface area contributed by atoms with Gasteiger partial charge in [0.1, 0.15) is 0 Å². The molecule has 1 fully saturated rings. The van der Waals surface area contributed by atoms with Gasteiger partial charge in [0.25, 0.3) is 5.91 Å². The van der Waals surface area contributed by atoms with Crippen molar-refractivity contribution in [3.8, 4) is 0 Å². The van der Waals surface area contributed by atoms with Crippen molar-refractivity contribution in [2.24, 2.45) is 0 Å². The highest BCUT2D eigenvalue weighted by atomic mass is 16.4. The highest BCUT2D eigenvalue weighted by molar-refractivity contribution is 5.92. The molecule has 0 saturated carbocycles. The summed E-state index contributed by atoms with van der Waals surface area (Å²) < 4.78 is 0. The monoisotopic (exact) mass is 224 g/mol. The van der Waals surface area contributed by atoms with E-state index in [4.69, 9.17) is 5.11 Å². The van der Waals surface area contributed by atoms with Crippen molar-refractivity contribution in [3.63, 3.8) is 0 Å².